The van der Waals surface area contributed by atoms with E-state index in [1.54, 1.807) is 17.5 Å². The summed E-state index contributed by atoms with van der Waals surface area (Å²) in [5.74, 6) is -2.59. The Morgan fingerprint density at radius 3 is 2.59 bits per heavy atom. The number of nitrogens with one attached hydrogen (secondary N) is 1. The minimum atomic E-state index is -1.57. The highest BCUT2D eigenvalue weighted by atomic mass is 32.1. The van der Waals surface area contributed by atoms with Gasteiger partial charge in [0.2, 0.25) is 0 Å². The Kier molecular flexibility index (Phi) is 6.96. The van der Waals surface area contributed by atoms with Gasteiger partial charge in [0.25, 0.3) is 0 Å². The number of aliphatic hydroxyl groups is 1. The second-order valence-corrected chi connectivity index (χ2v) is 4.72. The maximum atomic E-state index is 10.9. The molecule has 9 heteroatoms. The molecule has 22 heavy (non-hydrogen) atoms. The zero-order valence-corrected chi connectivity index (χ0v) is 12.2. The molecule has 2 aromatic rings. The molecule has 1 heterocycles. The molecule has 0 aliphatic rings. The van der Waals surface area contributed by atoms with E-state index in [1.807, 2.05) is 0 Å². The summed E-state index contributed by atoms with van der Waals surface area (Å²) < 4.78 is 0. The Morgan fingerprint density at radius 2 is 2.05 bits per heavy atom. The third-order valence-electron chi connectivity index (χ3n) is 2.19. The molecule has 1 aromatic carbocycles. The van der Waals surface area contributed by atoms with Crippen molar-refractivity contribution in [1.82, 2.24) is 4.98 Å². The number of carboxylic acid groups (broad SMARTS) is 1. The number of aromatic hydroxyl groups is 1. The number of rotatable bonds is 3. The lowest BCUT2D eigenvalue weighted by Crippen LogP contribution is -2.21. The number of amides is 1. The second kappa shape index (κ2) is 8.72. The number of hydrogen-bond donors (Lipinski definition) is 5. The predicted molar refractivity (Wildman–Crippen MR) is 81.6 cm³/mol. The minimum absolute atomic E-state index is 0.0972. The Morgan fingerprint density at radius 1 is 1.36 bits per heavy atom. The van der Waals surface area contributed by atoms with E-state index in [1.165, 1.54) is 12.1 Å². The first kappa shape index (κ1) is 17.6. The number of thiazole rings is 1. The minimum Gasteiger partial charge on any atom is -0.508 e. The van der Waals surface area contributed by atoms with Crippen LogP contribution in [0.4, 0.5) is 5.13 Å². The van der Waals surface area contributed by atoms with E-state index in [4.69, 9.17) is 15.9 Å². The first-order chi connectivity index (χ1) is 10.5. The monoisotopic (exact) mass is 325 g/mol. The van der Waals surface area contributed by atoms with Gasteiger partial charge in [0.15, 0.2) is 5.13 Å². The number of aliphatic hydroxyl groups excluding tert-OH is 1. The van der Waals surface area contributed by atoms with Crippen molar-refractivity contribution >= 4 is 28.3 Å². The first-order valence-corrected chi connectivity index (χ1v) is 6.96. The van der Waals surface area contributed by atoms with E-state index < -0.39 is 11.9 Å². The molecule has 1 aromatic heterocycles. The topological polar surface area (TPSA) is 146 Å². The molecule has 0 unspecified atom stereocenters. The maximum absolute atomic E-state index is 10.9. The molecule has 1 amide bonds. The lowest BCUT2D eigenvalue weighted by atomic mass is 10.2. The molecule has 2 rings (SSSR count). The highest BCUT2D eigenvalue weighted by Gasteiger charge is 2.13. The number of nitrogens with zero attached hydrogens (tertiary/aromatic N) is 1. The zero-order chi connectivity index (χ0) is 16.5. The molecular formula is C13H15N3O5S. The van der Waals surface area contributed by atoms with E-state index in [9.17, 15) is 14.7 Å². The average Bonchev–Trinajstić information content (AvgIpc) is 2.96. The van der Waals surface area contributed by atoms with Gasteiger partial charge in [-0.15, -0.1) is 11.3 Å². The number of carbonyl (C=O) groups excluding carboxylic acids is 1. The summed E-state index contributed by atoms with van der Waals surface area (Å²) in [7, 11) is 0. The summed E-state index contributed by atoms with van der Waals surface area (Å²) in [6.07, 6.45) is 0. The van der Waals surface area contributed by atoms with Crippen LogP contribution < -0.4 is 11.1 Å². The first-order valence-electron chi connectivity index (χ1n) is 6.08. The Hall–Kier alpha value is -2.49. The number of carbonyl (C=O) groups is 2. The fourth-order valence-electron chi connectivity index (χ4n) is 1.28. The molecule has 0 spiro atoms. The van der Waals surface area contributed by atoms with Crippen LogP contribution in [0.2, 0.25) is 0 Å². The van der Waals surface area contributed by atoms with Crippen molar-refractivity contribution in [3.8, 4) is 17.0 Å². The molecule has 0 radical (unpaired) electrons. The lowest BCUT2D eigenvalue weighted by Gasteiger charge is -1.97. The van der Waals surface area contributed by atoms with Gasteiger partial charge in [0.05, 0.1) is 12.3 Å². The van der Waals surface area contributed by atoms with Crippen LogP contribution in [0.5, 0.6) is 5.75 Å². The van der Waals surface area contributed by atoms with Gasteiger partial charge >= 0.3 is 11.9 Å². The molecule has 0 fully saturated rings. The van der Waals surface area contributed by atoms with Crippen LogP contribution >= 0.6 is 11.3 Å². The van der Waals surface area contributed by atoms with Crippen LogP contribution in [-0.2, 0) is 9.59 Å². The molecule has 6 N–H and O–H groups in total. The van der Waals surface area contributed by atoms with E-state index in [-0.39, 0.29) is 17.5 Å². The number of phenols is 1. The summed E-state index contributed by atoms with van der Waals surface area (Å²) >= 11 is 1.11. The van der Waals surface area contributed by atoms with Crippen LogP contribution in [0.1, 0.15) is 0 Å². The van der Waals surface area contributed by atoms with E-state index in [2.05, 4.69) is 10.3 Å². The third-order valence-corrected chi connectivity index (χ3v) is 2.95. The highest BCUT2D eigenvalue weighted by Crippen LogP contribution is 2.26. The van der Waals surface area contributed by atoms with E-state index in [0.29, 0.717) is 17.8 Å². The largest absolute Gasteiger partial charge is 0.508 e. The number of phenolic OH excluding ortho intramolecular Hbond substituents is 1. The summed E-state index contributed by atoms with van der Waals surface area (Å²) in [5.41, 5.74) is 6.01. The smallest absolute Gasteiger partial charge is 0.394 e. The van der Waals surface area contributed by atoms with Gasteiger partial charge in [-0.2, -0.15) is 0 Å². The summed E-state index contributed by atoms with van der Waals surface area (Å²) in [6, 6.07) is 6.47. The van der Waals surface area contributed by atoms with Crippen molar-refractivity contribution in [2.45, 2.75) is 0 Å². The fraction of sp³-hybridized carbons (Fsp3) is 0.154. The van der Waals surface area contributed by atoms with Gasteiger partial charge in [-0.05, 0) is 12.1 Å². The Balaban J connectivity index is 0.000000541. The number of carboxylic acids is 1. The van der Waals surface area contributed by atoms with E-state index >= 15 is 0 Å². The van der Waals surface area contributed by atoms with Crippen LogP contribution in [0, 0.1) is 0 Å². The van der Waals surface area contributed by atoms with Gasteiger partial charge in [-0.1, -0.05) is 12.1 Å². The zero-order valence-electron chi connectivity index (χ0n) is 11.4. The fourth-order valence-corrected chi connectivity index (χ4v) is 1.99. The quantitative estimate of drug-likeness (QED) is 0.516. The van der Waals surface area contributed by atoms with Gasteiger partial charge < -0.3 is 21.1 Å². The Labute approximate surface area is 129 Å². The Bertz CT molecular complexity index is 642. The summed E-state index contributed by atoms with van der Waals surface area (Å²) in [6.45, 7) is 0.472. The van der Waals surface area contributed by atoms with Crippen molar-refractivity contribution in [2.24, 2.45) is 5.73 Å². The predicted octanol–water partition coefficient (Wildman–Crippen LogP) is 0.476. The highest BCUT2D eigenvalue weighted by molar-refractivity contribution is 7.14. The number of aromatic nitrogens is 1. The molecule has 8 nitrogen and oxygen atoms in total. The number of aliphatic carboxylic acids is 1. The number of nitrogens with two attached hydrogens (primary N) is 1. The number of hydrogen-bond acceptors (Lipinski definition) is 7. The van der Waals surface area contributed by atoms with Gasteiger partial charge in [-0.25, -0.2) is 9.78 Å². The van der Waals surface area contributed by atoms with Gasteiger partial charge in [0.1, 0.15) is 5.75 Å². The lowest BCUT2D eigenvalue weighted by molar-refractivity contribution is -0.147. The summed E-state index contributed by atoms with van der Waals surface area (Å²) in [4.78, 5) is 25.3. The van der Waals surface area contributed by atoms with Crippen molar-refractivity contribution in [1.29, 1.82) is 0 Å². The van der Waals surface area contributed by atoms with Crippen LogP contribution in [-0.4, -0.2) is 45.3 Å². The van der Waals surface area contributed by atoms with Gasteiger partial charge in [0, 0.05) is 17.5 Å². The average molecular weight is 325 g/mol. The SMILES string of the molecule is NCCO.O=C(O)C(=O)Nc1nc(-c2cccc(O)c2)cs1. The second-order valence-electron chi connectivity index (χ2n) is 3.86. The number of anilines is 1. The molecule has 0 aliphatic carbocycles. The number of benzene rings is 1. The molecule has 0 saturated carbocycles. The van der Waals surface area contributed by atoms with Crippen molar-refractivity contribution in [2.75, 3.05) is 18.5 Å². The van der Waals surface area contributed by atoms with Crippen LogP contribution in [0.15, 0.2) is 29.6 Å². The molecular weight excluding hydrogens is 310 g/mol. The van der Waals surface area contributed by atoms with Crippen LogP contribution in [0.3, 0.4) is 0 Å². The molecule has 0 aliphatic heterocycles. The van der Waals surface area contributed by atoms with Gasteiger partial charge in [-0.3, -0.25) is 10.1 Å². The van der Waals surface area contributed by atoms with Crippen molar-refractivity contribution < 1.29 is 24.9 Å². The van der Waals surface area contributed by atoms with E-state index in [0.717, 1.165) is 11.3 Å². The van der Waals surface area contributed by atoms with Crippen molar-refractivity contribution in [3.05, 3.63) is 29.6 Å². The molecule has 0 saturated heterocycles. The molecule has 0 bridgehead atoms. The van der Waals surface area contributed by atoms with Crippen LogP contribution in [0.25, 0.3) is 11.3 Å². The maximum Gasteiger partial charge on any atom is 0.394 e. The summed E-state index contributed by atoms with van der Waals surface area (Å²) in [5, 5.41) is 29.5. The van der Waals surface area contributed by atoms with Crippen molar-refractivity contribution in [3.63, 3.8) is 0 Å². The third kappa shape index (κ3) is 5.48. The molecule has 118 valence electrons. The normalized spacial score (nSPS) is 9.55. The molecule has 0 atom stereocenters. The standard InChI is InChI=1S/C11H8N2O4S.C2H7NO/c14-7-3-1-2-6(4-7)8-5-18-11(12-8)13-9(15)10(16)17;3-1-2-4/h1-5,14H,(H,16,17)(H,12,13,15);4H,1-3H2.